The van der Waals surface area contributed by atoms with Crippen LogP contribution >= 0.6 is 0 Å². The molecule has 2 amide bonds. The van der Waals surface area contributed by atoms with Gasteiger partial charge in [-0.2, -0.15) is 0 Å². The highest BCUT2D eigenvalue weighted by molar-refractivity contribution is 6.01. The van der Waals surface area contributed by atoms with Crippen molar-refractivity contribution < 1.29 is 14.3 Å². The highest BCUT2D eigenvalue weighted by Gasteiger charge is 2.39. The summed E-state index contributed by atoms with van der Waals surface area (Å²) in [5, 5.41) is 3.29. The maximum Gasteiger partial charge on any atom is 0.228 e. The molecule has 0 spiro atoms. The average Bonchev–Trinajstić information content (AvgIpc) is 2.97. The minimum absolute atomic E-state index is 0.0108. The molecule has 0 radical (unpaired) electrons. The van der Waals surface area contributed by atoms with Gasteiger partial charge in [-0.3, -0.25) is 9.59 Å². The third-order valence-electron chi connectivity index (χ3n) is 4.71. The van der Waals surface area contributed by atoms with Gasteiger partial charge in [0.1, 0.15) is 5.75 Å². The van der Waals surface area contributed by atoms with E-state index in [1.54, 1.807) is 4.90 Å². The van der Waals surface area contributed by atoms with Crippen molar-refractivity contribution in [2.24, 2.45) is 5.92 Å². The second kappa shape index (κ2) is 7.21. The molecule has 2 unspecified atom stereocenters. The molecule has 2 aliphatic heterocycles. The van der Waals surface area contributed by atoms with E-state index in [1.807, 2.05) is 43.0 Å². The molecule has 0 aliphatic carbocycles. The van der Waals surface area contributed by atoms with E-state index in [4.69, 9.17) is 4.74 Å². The number of carbonyl (C=O) groups excluding carboxylic acids is 2. The number of nitrogens with one attached hydrogen (secondary N) is 1. The summed E-state index contributed by atoms with van der Waals surface area (Å²) in [7, 11) is 0. The van der Waals surface area contributed by atoms with Gasteiger partial charge in [-0.25, -0.2) is 0 Å². The molecule has 24 heavy (non-hydrogen) atoms. The Bertz CT molecular complexity index is 619. The Kier molecular flexibility index (Phi) is 5.04. The van der Waals surface area contributed by atoms with Crippen molar-refractivity contribution in [2.45, 2.75) is 26.3 Å². The van der Waals surface area contributed by atoms with E-state index in [2.05, 4.69) is 5.32 Å². The lowest BCUT2D eigenvalue weighted by Gasteiger charge is -2.35. The maximum atomic E-state index is 12.8. The fraction of sp³-hybridized carbons (Fsp3) is 0.556. The number of piperazine rings is 1. The van der Waals surface area contributed by atoms with Crippen LogP contribution in [0.25, 0.3) is 0 Å². The van der Waals surface area contributed by atoms with Gasteiger partial charge in [-0.05, 0) is 26.0 Å². The molecule has 6 heteroatoms. The maximum absolute atomic E-state index is 12.8. The zero-order valence-electron chi connectivity index (χ0n) is 14.3. The summed E-state index contributed by atoms with van der Waals surface area (Å²) in [6, 6.07) is 7.69. The number of rotatable bonds is 4. The van der Waals surface area contributed by atoms with E-state index in [0.29, 0.717) is 25.4 Å². The van der Waals surface area contributed by atoms with Crippen LogP contribution in [0.5, 0.6) is 5.75 Å². The topological polar surface area (TPSA) is 61.9 Å². The number of hydrogen-bond donors (Lipinski definition) is 1. The summed E-state index contributed by atoms with van der Waals surface area (Å²) in [6.45, 7) is 7.26. The molecule has 1 aromatic rings. The lowest BCUT2D eigenvalue weighted by molar-refractivity contribution is -0.138. The van der Waals surface area contributed by atoms with Crippen molar-refractivity contribution >= 4 is 17.5 Å². The summed E-state index contributed by atoms with van der Waals surface area (Å²) in [6.07, 6.45) is 0.274. The third-order valence-corrected chi connectivity index (χ3v) is 4.71. The van der Waals surface area contributed by atoms with E-state index in [1.165, 1.54) is 0 Å². The molecule has 1 aromatic carbocycles. The molecule has 2 atom stereocenters. The summed E-state index contributed by atoms with van der Waals surface area (Å²) < 4.78 is 5.63. The van der Waals surface area contributed by atoms with Crippen LogP contribution in [0.15, 0.2) is 24.3 Å². The van der Waals surface area contributed by atoms with E-state index in [-0.39, 0.29) is 30.2 Å². The Labute approximate surface area is 142 Å². The summed E-state index contributed by atoms with van der Waals surface area (Å²) in [5.41, 5.74) is 0.757. The summed E-state index contributed by atoms with van der Waals surface area (Å²) in [5.74, 6) is 0.502. The number of ether oxygens (including phenoxy) is 1. The first-order valence-corrected chi connectivity index (χ1v) is 8.65. The van der Waals surface area contributed by atoms with Gasteiger partial charge in [-0.15, -0.1) is 0 Å². The zero-order valence-corrected chi connectivity index (χ0v) is 14.3. The first-order chi connectivity index (χ1) is 11.6. The molecule has 3 rings (SSSR count). The van der Waals surface area contributed by atoms with Crippen molar-refractivity contribution in [3.63, 3.8) is 0 Å². The number of nitrogens with zero attached hydrogens (tertiary/aromatic N) is 2. The minimum atomic E-state index is -0.271. The number of para-hydroxylation sites is 2. The first-order valence-electron chi connectivity index (χ1n) is 8.65. The van der Waals surface area contributed by atoms with Crippen LogP contribution in [0.2, 0.25) is 0 Å². The van der Waals surface area contributed by atoms with E-state index in [0.717, 1.165) is 18.8 Å². The Morgan fingerprint density at radius 1 is 1.38 bits per heavy atom. The number of hydrogen-bond acceptors (Lipinski definition) is 4. The van der Waals surface area contributed by atoms with Crippen molar-refractivity contribution in [3.05, 3.63) is 24.3 Å². The highest BCUT2D eigenvalue weighted by atomic mass is 16.5. The van der Waals surface area contributed by atoms with Crippen LogP contribution in [-0.4, -0.2) is 55.5 Å². The second-order valence-corrected chi connectivity index (χ2v) is 6.39. The van der Waals surface area contributed by atoms with Crippen LogP contribution in [0.1, 0.15) is 20.3 Å². The fourth-order valence-electron chi connectivity index (χ4n) is 3.47. The predicted molar refractivity (Wildman–Crippen MR) is 92.1 cm³/mol. The Balaban J connectivity index is 1.75. The standard InChI is InChI=1S/C18H25N3O3/c1-3-24-16-7-5-4-6-15(16)21-12-14(10-17(21)22)18(23)20-9-8-19-11-13(20)2/h4-7,13-14,19H,3,8-12H2,1-2H3. The van der Waals surface area contributed by atoms with Gasteiger partial charge in [0.25, 0.3) is 0 Å². The van der Waals surface area contributed by atoms with E-state index in [9.17, 15) is 9.59 Å². The molecule has 2 aliphatic rings. The van der Waals surface area contributed by atoms with Gasteiger partial charge in [0.05, 0.1) is 18.2 Å². The normalized spacial score (nSPS) is 24.3. The highest BCUT2D eigenvalue weighted by Crippen LogP contribution is 2.33. The van der Waals surface area contributed by atoms with Crippen LogP contribution in [0.3, 0.4) is 0 Å². The second-order valence-electron chi connectivity index (χ2n) is 6.39. The molecule has 1 N–H and O–H groups in total. The van der Waals surface area contributed by atoms with Gasteiger partial charge in [0.2, 0.25) is 11.8 Å². The lowest BCUT2D eigenvalue weighted by atomic mass is 10.1. The van der Waals surface area contributed by atoms with Crippen LogP contribution in [-0.2, 0) is 9.59 Å². The lowest BCUT2D eigenvalue weighted by Crippen LogP contribution is -2.54. The average molecular weight is 331 g/mol. The van der Waals surface area contributed by atoms with Crippen LogP contribution in [0, 0.1) is 5.92 Å². The largest absolute Gasteiger partial charge is 0.492 e. The summed E-state index contributed by atoms with van der Waals surface area (Å²) in [4.78, 5) is 28.9. The van der Waals surface area contributed by atoms with Crippen molar-refractivity contribution in [1.29, 1.82) is 0 Å². The van der Waals surface area contributed by atoms with Crippen molar-refractivity contribution in [1.82, 2.24) is 10.2 Å². The zero-order chi connectivity index (χ0) is 17.1. The quantitative estimate of drug-likeness (QED) is 0.902. The molecule has 0 saturated carbocycles. The minimum Gasteiger partial charge on any atom is -0.492 e. The predicted octanol–water partition coefficient (Wildman–Crippen LogP) is 1.26. The number of amides is 2. The molecule has 130 valence electrons. The molecule has 2 fully saturated rings. The smallest absolute Gasteiger partial charge is 0.228 e. The first kappa shape index (κ1) is 16.8. The molecule has 6 nitrogen and oxygen atoms in total. The van der Waals surface area contributed by atoms with E-state index < -0.39 is 0 Å². The van der Waals surface area contributed by atoms with Gasteiger partial charge in [0, 0.05) is 38.6 Å². The monoisotopic (exact) mass is 331 g/mol. The molecular weight excluding hydrogens is 306 g/mol. The molecule has 0 aromatic heterocycles. The Morgan fingerprint density at radius 3 is 2.92 bits per heavy atom. The Hall–Kier alpha value is -2.08. The Morgan fingerprint density at radius 2 is 2.17 bits per heavy atom. The van der Waals surface area contributed by atoms with Crippen molar-refractivity contribution in [3.8, 4) is 5.75 Å². The van der Waals surface area contributed by atoms with Crippen molar-refractivity contribution in [2.75, 3.05) is 37.7 Å². The molecule has 2 heterocycles. The fourth-order valence-corrected chi connectivity index (χ4v) is 3.47. The van der Waals surface area contributed by atoms with Crippen LogP contribution < -0.4 is 15.0 Å². The number of anilines is 1. The number of benzene rings is 1. The number of carbonyl (C=O) groups is 2. The molecule has 2 saturated heterocycles. The SMILES string of the molecule is CCOc1ccccc1N1CC(C(=O)N2CCNCC2C)CC1=O. The van der Waals surface area contributed by atoms with Gasteiger partial charge in [0.15, 0.2) is 0 Å². The summed E-state index contributed by atoms with van der Waals surface area (Å²) >= 11 is 0. The van der Waals surface area contributed by atoms with Gasteiger partial charge < -0.3 is 19.9 Å². The van der Waals surface area contributed by atoms with E-state index >= 15 is 0 Å². The van der Waals surface area contributed by atoms with Crippen LogP contribution in [0.4, 0.5) is 5.69 Å². The van der Waals surface area contributed by atoms with Gasteiger partial charge >= 0.3 is 0 Å². The third kappa shape index (κ3) is 3.24. The molecule has 0 bridgehead atoms. The molecular formula is C18H25N3O3. The van der Waals surface area contributed by atoms with Gasteiger partial charge in [-0.1, -0.05) is 12.1 Å².